The summed E-state index contributed by atoms with van der Waals surface area (Å²) in [6.07, 6.45) is 0. The number of rotatable bonds is 11. The van der Waals surface area contributed by atoms with Gasteiger partial charge in [0.05, 0.1) is 16.7 Å². The lowest BCUT2D eigenvalue weighted by Crippen LogP contribution is -2.14. The van der Waals surface area contributed by atoms with Crippen LogP contribution in [0.1, 0.15) is 0 Å². The fraction of sp³-hybridized carbons (Fsp3) is 0. The number of hydrogen-bond donors (Lipinski definition) is 0. The molecule has 3 heteroatoms. The minimum atomic E-state index is 1.02. The summed E-state index contributed by atoms with van der Waals surface area (Å²) in [6, 6.07) is 113. The van der Waals surface area contributed by atoms with Crippen molar-refractivity contribution >= 4 is 77.5 Å². The zero-order chi connectivity index (χ0) is 51.1. The van der Waals surface area contributed by atoms with Crippen LogP contribution >= 0.6 is 0 Å². The number of anilines is 6. The predicted molar refractivity (Wildman–Crippen MR) is 327 cm³/mol. The smallest absolute Gasteiger partial charge is 0.0782 e. The van der Waals surface area contributed by atoms with Gasteiger partial charge in [-0.3, -0.25) is 0 Å². The maximum absolute atomic E-state index is 2.49. The quantitative estimate of drug-likeness (QED) is 0.120. The van der Waals surface area contributed by atoms with Crippen molar-refractivity contribution in [3.05, 3.63) is 309 Å². The first-order chi connectivity index (χ1) is 38.2. The lowest BCUT2D eigenvalue weighted by atomic mass is 9.92. The fourth-order valence-corrected chi connectivity index (χ4v) is 11.5. The van der Waals surface area contributed by atoms with E-state index in [1.165, 1.54) is 49.0 Å². The SMILES string of the molecule is c1ccc(-c2ccc(N(c3ccc(-c4ccccc4)cc3)c3cc(-c4cc5ccccc5c5ccccc45)cc(N(c4ccc(-c5ccccc5)cc4)c4cccc5c6ccccc6n(-c6ccccc6)c45)c3)cc2)cc1. The highest BCUT2D eigenvalue weighted by atomic mass is 15.2. The summed E-state index contributed by atoms with van der Waals surface area (Å²) in [6.45, 7) is 0. The zero-order valence-corrected chi connectivity index (χ0v) is 42.3. The van der Waals surface area contributed by atoms with Gasteiger partial charge in [-0.1, -0.05) is 224 Å². The molecule has 0 saturated heterocycles. The van der Waals surface area contributed by atoms with E-state index in [2.05, 4.69) is 324 Å². The molecule has 0 N–H and O–H groups in total. The number of fused-ring (bicyclic) bond motifs is 6. The van der Waals surface area contributed by atoms with Crippen LogP contribution in [0.2, 0.25) is 0 Å². The molecule has 0 amide bonds. The highest BCUT2D eigenvalue weighted by molar-refractivity contribution is 6.16. The number of benzene rings is 13. The van der Waals surface area contributed by atoms with Crippen molar-refractivity contribution in [2.24, 2.45) is 0 Å². The summed E-state index contributed by atoms with van der Waals surface area (Å²) < 4.78 is 2.45. The first kappa shape index (κ1) is 45.4. The average Bonchev–Trinajstić information content (AvgIpc) is 3.87. The third kappa shape index (κ3) is 8.37. The van der Waals surface area contributed by atoms with Gasteiger partial charge in [0.15, 0.2) is 0 Å². The van der Waals surface area contributed by atoms with Crippen molar-refractivity contribution in [3.8, 4) is 50.2 Å². The maximum atomic E-state index is 2.49. The molecule has 1 heterocycles. The standard InChI is InChI=1S/C74H51N3/c1-5-20-52(21-6-1)55-36-42-61(43-37-55)75(62-44-38-56(39-45-62)53-22-7-2-8-23-53)64-48-59(71-50-58-26-13-14-29-66(58)67-30-15-16-31-68(67)71)49-65(51-64)76(63-46-40-57(41-47-63)54-24-9-3-10-25-54)73-35-19-33-70-69-32-17-18-34-72(69)77(74(70)73)60-27-11-4-12-28-60/h1-51H. The summed E-state index contributed by atoms with van der Waals surface area (Å²) >= 11 is 0. The number of aromatic nitrogens is 1. The van der Waals surface area contributed by atoms with Crippen LogP contribution in [0.25, 0.3) is 93.5 Å². The van der Waals surface area contributed by atoms with E-state index in [-0.39, 0.29) is 0 Å². The van der Waals surface area contributed by atoms with Gasteiger partial charge in [0.1, 0.15) is 0 Å². The Balaban J connectivity index is 1.07. The second-order valence-corrected chi connectivity index (χ2v) is 19.7. The summed E-state index contributed by atoms with van der Waals surface area (Å²) in [5.74, 6) is 0. The van der Waals surface area contributed by atoms with Crippen LogP contribution in [0.3, 0.4) is 0 Å². The third-order valence-corrected chi connectivity index (χ3v) is 15.1. The molecule has 0 spiro atoms. The van der Waals surface area contributed by atoms with Crippen molar-refractivity contribution in [2.45, 2.75) is 0 Å². The molecule has 0 aliphatic heterocycles. The van der Waals surface area contributed by atoms with Crippen LogP contribution in [-0.4, -0.2) is 4.57 Å². The van der Waals surface area contributed by atoms with Gasteiger partial charge in [-0.15, -0.1) is 0 Å². The first-order valence-corrected chi connectivity index (χ1v) is 26.4. The van der Waals surface area contributed by atoms with Gasteiger partial charge in [0.25, 0.3) is 0 Å². The van der Waals surface area contributed by atoms with Crippen molar-refractivity contribution in [1.29, 1.82) is 0 Å². The summed E-state index contributed by atoms with van der Waals surface area (Å²) in [5.41, 5.74) is 18.9. The van der Waals surface area contributed by atoms with Gasteiger partial charge in [-0.05, 0) is 151 Å². The number of nitrogens with zero attached hydrogens (tertiary/aromatic N) is 3. The monoisotopic (exact) mass is 981 g/mol. The summed E-state index contributed by atoms with van der Waals surface area (Å²) in [5, 5.41) is 7.25. The van der Waals surface area contributed by atoms with Gasteiger partial charge in [-0.2, -0.15) is 0 Å². The Labute approximate surface area is 449 Å². The van der Waals surface area contributed by atoms with E-state index in [4.69, 9.17) is 0 Å². The van der Waals surface area contributed by atoms with E-state index < -0.39 is 0 Å². The molecule has 0 radical (unpaired) electrons. The van der Waals surface area contributed by atoms with Crippen LogP contribution in [0.5, 0.6) is 0 Å². The molecular formula is C74H51N3. The van der Waals surface area contributed by atoms with Gasteiger partial charge in [0.2, 0.25) is 0 Å². The molecule has 0 fully saturated rings. The van der Waals surface area contributed by atoms with Gasteiger partial charge >= 0.3 is 0 Å². The number of para-hydroxylation sites is 3. The van der Waals surface area contributed by atoms with Gasteiger partial charge in [-0.25, -0.2) is 0 Å². The topological polar surface area (TPSA) is 11.4 Å². The Morgan fingerprint density at radius 1 is 0.234 bits per heavy atom. The Morgan fingerprint density at radius 2 is 0.649 bits per heavy atom. The molecule has 0 bridgehead atoms. The Hall–Kier alpha value is -10.2. The Morgan fingerprint density at radius 3 is 1.21 bits per heavy atom. The molecule has 1 aromatic heterocycles. The van der Waals surface area contributed by atoms with Crippen LogP contribution in [0.4, 0.5) is 34.1 Å². The molecule has 362 valence electrons. The van der Waals surface area contributed by atoms with Gasteiger partial charge < -0.3 is 14.4 Å². The molecule has 0 aliphatic carbocycles. The zero-order valence-electron chi connectivity index (χ0n) is 42.3. The number of hydrogen-bond acceptors (Lipinski definition) is 2. The minimum Gasteiger partial charge on any atom is -0.310 e. The molecule has 14 aromatic rings. The lowest BCUT2D eigenvalue weighted by Gasteiger charge is -2.31. The van der Waals surface area contributed by atoms with Crippen LogP contribution in [0, 0.1) is 0 Å². The molecule has 77 heavy (non-hydrogen) atoms. The molecule has 0 unspecified atom stereocenters. The van der Waals surface area contributed by atoms with Crippen molar-refractivity contribution in [3.63, 3.8) is 0 Å². The highest BCUT2D eigenvalue weighted by Crippen LogP contribution is 2.48. The Kier molecular flexibility index (Phi) is 11.5. The minimum absolute atomic E-state index is 1.02. The maximum Gasteiger partial charge on any atom is 0.0782 e. The van der Waals surface area contributed by atoms with Crippen LogP contribution in [0.15, 0.2) is 309 Å². The van der Waals surface area contributed by atoms with E-state index in [1.54, 1.807) is 0 Å². The molecule has 0 aliphatic rings. The molecule has 14 rings (SSSR count). The third-order valence-electron chi connectivity index (χ3n) is 15.1. The van der Waals surface area contributed by atoms with Gasteiger partial charge in [0, 0.05) is 44.9 Å². The van der Waals surface area contributed by atoms with E-state index in [9.17, 15) is 0 Å². The van der Waals surface area contributed by atoms with Crippen LogP contribution in [-0.2, 0) is 0 Å². The highest BCUT2D eigenvalue weighted by Gasteiger charge is 2.25. The van der Waals surface area contributed by atoms with E-state index in [0.29, 0.717) is 0 Å². The molecule has 0 atom stereocenters. The lowest BCUT2D eigenvalue weighted by molar-refractivity contribution is 1.17. The molecule has 0 saturated carbocycles. The molecule has 3 nitrogen and oxygen atoms in total. The van der Waals surface area contributed by atoms with Crippen molar-refractivity contribution in [1.82, 2.24) is 4.57 Å². The van der Waals surface area contributed by atoms with E-state index >= 15 is 0 Å². The average molecular weight is 982 g/mol. The largest absolute Gasteiger partial charge is 0.310 e. The van der Waals surface area contributed by atoms with Crippen LogP contribution < -0.4 is 9.80 Å². The summed E-state index contributed by atoms with van der Waals surface area (Å²) in [4.78, 5) is 4.92. The Bertz CT molecular complexity index is 4310. The first-order valence-electron chi connectivity index (χ1n) is 26.4. The normalized spacial score (nSPS) is 11.4. The fourth-order valence-electron chi connectivity index (χ4n) is 11.5. The summed E-state index contributed by atoms with van der Waals surface area (Å²) in [7, 11) is 0. The molecule has 13 aromatic carbocycles. The van der Waals surface area contributed by atoms with Crippen molar-refractivity contribution < 1.29 is 0 Å². The second-order valence-electron chi connectivity index (χ2n) is 19.7. The van der Waals surface area contributed by atoms with Crippen molar-refractivity contribution in [2.75, 3.05) is 9.80 Å². The second kappa shape index (κ2) is 19.6. The predicted octanol–water partition coefficient (Wildman–Crippen LogP) is 20.7. The molecular weight excluding hydrogens is 931 g/mol. The van der Waals surface area contributed by atoms with E-state index in [1.807, 2.05) is 0 Å². The van der Waals surface area contributed by atoms with E-state index in [0.717, 1.165) is 78.7 Å².